The van der Waals surface area contributed by atoms with Crippen molar-refractivity contribution in [2.75, 3.05) is 0 Å². The fraction of sp³-hybridized carbons (Fsp3) is 0.154. The van der Waals surface area contributed by atoms with E-state index in [-0.39, 0.29) is 18.2 Å². The number of ether oxygens (including phenoxy) is 1. The van der Waals surface area contributed by atoms with Gasteiger partial charge in [0.15, 0.2) is 11.6 Å². The Kier molecular flexibility index (Phi) is 3.94. The minimum atomic E-state index is -0.404. The molecule has 0 saturated heterocycles. The standard InChI is InChI=1S/C13H11ClFNO/c14-8-10-4-5-13(12(15)7-10)17-9-11-3-1-2-6-16-11/h1-7H,8-9H2. The number of hydrogen-bond acceptors (Lipinski definition) is 2. The van der Waals surface area contributed by atoms with Crippen molar-refractivity contribution in [2.45, 2.75) is 12.5 Å². The van der Waals surface area contributed by atoms with Crippen LogP contribution in [-0.2, 0) is 12.5 Å². The monoisotopic (exact) mass is 251 g/mol. The fourth-order valence-electron chi connectivity index (χ4n) is 1.38. The van der Waals surface area contributed by atoms with Crippen molar-refractivity contribution in [3.63, 3.8) is 0 Å². The van der Waals surface area contributed by atoms with Gasteiger partial charge in [0, 0.05) is 12.1 Å². The number of nitrogens with zero attached hydrogens (tertiary/aromatic N) is 1. The van der Waals surface area contributed by atoms with Crippen molar-refractivity contribution in [3.8, 4) is 5.75 Å². The zero-order valence-corrected chi connectivity index (χ0v) is 9.82. The maximum absolute atomic E-state index is 13.5. The van der Waals surface area contributed by atoms with Gasteiger partial charge in [0.05, 0.1) is 5.69 Å². The second-order valence-corrected chi connectivity index (χ2v) is 3.78. The predicted molar refractivity (Wildman–Crippen MR) is 64.5 cm³/mol. The number of pyridine rings is 1. The van der Waals surface area contributed by atoms with Gasteiger partial charge >= 0.3 is 0 Å². The summed E-state index contributed by atoms with van der Waals surface area (Å²) >= 11 is 5.61. The van der Waals surface area contributed by atoms with Gasteiger partial charge in [0.1, 0.15) is 6.61 Å². The third-order valence-electron chi connectivity index (χ3n) is 2.25. The lowest BCUT2D eigenvalue weighted by Crippen LogP contribution is -1.99. The summed E-state index contributed by atoms with van der Waals surface area (Å²) < 4.78 is 18.9. The van der Waals surface area contributed by atoms with Crippen LogP contribution in [0, 0.1) is 5.82 Å². The Bertz CT molecular complexity index is 490. The van der Waals surface area contributed by atoms with Gasteiger partial charge in [-0.1, -0.05) is 12.1 Å². The Morgan fingerprint density at radius 1 is 1.24 bits per heavy atom. The van der Waals surface area contributed by atoms with Crippen LogP contribution in [0.3, 0.4) is 0 Å². The quantitative estimate of drug-likeness (QED) is 0.776. The first-order valence-electron chi connectivity index (χ1n) is 5.16. The summed E-state index contributed by atoms with van der Waals surface area (Å²) in [6, 6.07) is 10.2. The Balaban J connectivity index is 2.04. The van der Waals surface area contributed by atoms with E-state index in [2.05, 4.69) is 4.98 Å². The van der Waals surface area contributed by atoms with E-state index in [4.69, 9.17) is 16.3 Å². The summed E-state index contributed by atoms with van der Waals surface area (Å²) in [7, 11) is 0. The van der Waals surface area contributed by atoms with Gasteiger partial charge in [-0.25, -0.2) is 4.39 Å². The van der Waals surface area contributed by atoms with E-state index >= 15 is 0 Å². The smallest absolute Gasteiger partial charge is 0.165 e. The molecular formula is C13H11ClFNO. The first kappa shape index (κ1) is 11.9. The van der Waals surface area contributed by atoms with Crippen LogP contribution in [0.4, 0.5) is 4.39 Å². The van der Waals surface area contributed by atoms with Crippen LogP contribution in [0.2, 0.25) is 0 Å². The molecule has 88 valence electrons. The van der Waals surface area contributed by atoms with E-state index in [0.29, 0.717) is 0 Å². The minimum Gasteiger partial charge on any atom is -0.484 e. The van der Waals surface area contributed by atoms with Crippen LogP contribution < -0.4 is 4.74 Å². The van der Waals surface area contributed by atoms with Gasteiger partial charge in [0.25, 0.3) is 0 Å². The molecule has 0 bridgehead atoms. The molecule has 0 radical (unpaired) electrons. The SMILES string of the molecule is Fc1cc(CCl)ccc1OCc1ccccn1. The first-order chi connectivity index (χ1) is 8.29. The molecule has 0 aliphatic heterocycles. The molecule has 0 amide bonds. The maximum atomic E-state index is 13.5. The zero-order valence-electron chi connectivity index (χ0n) is 9.07. The molecule has 1 heterocycles. The number of alkyl halides is 1. The van der Waals surface area contributed by atoms with Crippen LogP contribution in [0.25, 0.3) is 0 Å². The molecule has 0 aliphatic carbocycles. The third kappa shape index (κ3) is 3.17. The molecular weight excluding hydrogens is 241 g/mol. The minimum absolute atomic E-state index is 0.213. The van der Waals surface area contributed by atoms with Crippen LogP contribution >= 0.6 is 11.6 Å². The van der Waals surface area contributed by atoms with E-state index in [1.165, 1.54) is 6.07 Å². The van der Waals surface area contributed by atoms with Crippen molar-refractivity contribution in [2.24, 2.45) is 0 Å². The van der Waals surface area contributed by atoms with Crippen LogP contribution in [0.15, 0.2) is 42.6 Å². The Morgan fingerprint density at radius 2 is 2.12 bits per heavy atom. The van der Waals surface area contributed by atoms with E-state index < -0.39 is 5.82 Å². The molecule has 0 N–H and O–H groups in total. The van der Waals surface area contributed by atoms with Gasteiger partial charge in [-0.2, -0.15) is 0 Å². The second kappa shape index (κ2) is 5.64. The van der Waals surface area contributed by atoms with Gasteiger partial charge in [-0.15, -0.1) is 11.6 Å². The highest BCUT2D eigenvalue weighted by Crippen LogP contribution is 2.20. The highest BCUT2D eigenvalue weighted by molar-refractivity contribution is 6.17. The molecule has 17 heavy (non-hydrogen) atoms. The van der Waals surface area contributed by atoms with E-state index in [1.807, 2.05) is 18.2 Å². The van der Waals surface area contributed by atoms with Crippen LogP contribution in [0.5, 0.6) is 5.75 Å². The predicted octanol–water partition coefficient (Wildman–Crippen LogP) is 3.54. The molecule has 0 fully saturated rings. The Morgan fingerprint density at radius 3 is 2.76 bits per heavy atom. The molecule has 0 unspecified atom stereocenters. The van der Waals surface area contributed by atoms with Crippen molar-refractivity contribution < 1.29 is 9.13 Å². The summed E-state index contributed by atoms with van der Waals surface area (Å²) in [4.78, 5) is 4.09. The summed E-state index contributed by atoms with van der Waals surface area (Å²) in [5.41, 5.74) is 1.49. The third-order valence-corrected chi connectivity index (χ3v) is 2.56. The normalized spacial score (nSPS) is 10.2. The highest BCUT2D eigenvalue weighted by Gasteiger charge is 2.04. The average molecular weight is 252 g/mol. The summed E-state index contributed by atoms with van der Waals surface area (Å²) in [5, 5.41) is 0. The summed E-state index contributed by atoms with van der Waals surface area (Å²) in [6.45, 7) is 0.248. The molecule has 1 aromatic carbocycles. The molecule has 0 aliphatic rings. The highest BCUT2D eigenvalue weighted by atomic mass is 35.5. The number of rotatable bonds is 4. The molecule has 2 nitrogen and oxygen atoms in total. The van der Waals surface area contributed by atoms with Gasteiger partial charge in [-0.05, 0) is 29.8 Å². The maximum Gasteiger partial charge on any atom is 0.165 e. The first-order valence-corrected chi connectivity index (χ1v) is 5.70. The van der Waals surface area contributed by atoms with Gasteiger partial charge < -0.3 is 4.74 Å². The molecule has 4 heteroatoms. The Hall–Kier alpha value is -1.61. The molecule has 0 saturated carbocycles. The molecule has 1 aromatic heterocycles. The van der Waals surface area contributed by atoms with Crippen LogP contribution in [0.1, 0.15) is 11.3 Å². The second-order valence-electron chi connectivity index (χ2n) is 3.51. The van der Waals surface area contributed by atoms with Gasteiger partial charge in [-0.3, -0.25) is 4.98 Å². The van der Waals surface area contributed by atoms with Gasteiger partial charge in [0.2, 0.25) is 0 Å². The number of benzene rings is 1. The van der Waals surface area contributed by atoms with E-state index in [1.54, 1.807) is 18.3 Å². The van der Waals surface area contributed by atoms with Crippen molar-refractivity contribution in [1.82, 2.24) is 4.98 Å². The number of halogens is 2. The van der Waals surface area contributed by atoms with E-state index in [9.17, 15) is 4.39 Å². The van der Waals surface area contributed by atoms with Crippen molar-refractivity contribution in [1.29, 1.82) is 0 Å². The molecule has 2 rings (SSSR count). The molecule has 0 atom stereocenters. The van der Waals surface area contributed by atoms with Crippen LogP contribution in [-0.4, -0.2) is 4.98 Å². The Labute approximate surface area is 104 Å². The largest absolute Gasteiger partial charge is 0.484 e. The summed E-state index contributed by atoms with van der Waals surface area (Å²) in [5.74, 6) is 0.0980. The average Bonchev–Trinajstić information content (AvgIpc) is 2.38. The lowest BCUT2D eigenvalue weighted by atomic mass is 10.2. The summed E-state index contributed by atoms with van der Waals surface area (Å²) in [6.07, 6.45) is 1.67. The molecule has 2 aromatic rings. The zero-order chi connectivity index (χ0) is 12.1. The van der Waals surface area contributed by atoms with E-state index in [0.717, 1.165) is 11.3 Å². The number of aromatic nitrogens is 1. The van der Waals surface area contributed by atoms with Crippen molar-refractivity contribution in [3.05, 3.63) is 59.7 Å². The molecule has 0 spiro atoms. The van der Waals surface area contributed by atoms with Crippen molar-refractivity contribution >= 4 is 11.6 Å². The fourth-order valence-corrected chi connectivity index (χ4v) is 1.55. The number of hydrogen-bond donors (Lipinski definition) is 0. The topological polar surface area (TPSA) is 22.1 Å². The lowest BCUT2D eigenvalue weighted by Gasteiger charge is -2.07. The lowest BCUT2D eigenvalue weighted by molar-refractivity contribution is 0.286.